The third kappa shape index (κ3) is 4.71. The zero-order valence-corrected chi connectivity index (χ0v) is 18.3. The van der Waals surface area contributed by atoms with E-state index in [-0.39, 0.29) is 0 Å². The van der Waals surface area contributed by atoms with E-state index in [2.05, 4.69) is 21.8 Å². The van der Waals surface area contributed by atoms with E-state index in [1.807, 2.05) is 61.5 Å². The van der Waals surface area contributed by atoms with Crippen LogP contribution in [-0.4, -0.2) is 38.5 Å². The van der Waals surface area contributed by atoms with Crippen LogP contribution in [0.1, 0.15) is 29.7 Å². The third-order valence-corrected chi connectivity index (χ3v) is 6.07. The summed E-state index contributed by atoms with van der Waals surface area (Å²) < 4.78 is 1.78. The van der Waals surface area contributed by atoms with Gasteiger partial charge in [0.15, 0.2) is 0 Å². The summed E-state index contributed by atoms with van der Waals surface area (Å²) in [4.78, 5) is 2.29. The molecule has 1 saturated heterocycles. The highest BCUT2D eigenvalue weighted by atomic mass is 35.5. The molecule has 2 aromatic carbocycles. The SMILES string of the molecule is Cc1nn(-c2ccccc2)c(Cl)c1CN1CCC(O)(C#Cc2cccc(Cl)c2)CC1. The number of likely N-dealkylation sites (tertiary alicyclic amines) is 1. The number of halogens is 2. The fourth-order valence-electron chi connectivity index (χ4n) is 3.64. The van der Waals surface area contributed by atoms with E-state index in [1.165, 1.54) is 0 Å². The van der Waals surface area contributed by atoms with E-state index in [9.17, 15) is 5.11 Å². The number of rotatable bonds is 3. The third-order valence-electron chi connectivity index (χ3n) is 5.45. The minimum absolute atomic E-state index is 0.587. The fraction of sp³-hybridized carbons (Fsp3) is 0.292. The van der Waals surface area contributed by atoms with Gasteiger partial charge in [0.1, 0.15) is 10.8 Å². The van der Waals surface area contributed by atoms with Crippen molar-refractivity contribution in [1.29, 1.82) is 0 Å². The predicted molar refractivity (Wildman–Crippen MR) is 121 cm³/mol. The Bertz CT molecular complexity index is 1090. The molecule has 0 unspecified atom stereocenters. The molecule has 0 aliphatic carbocycles. The van der Waals surface area contributed by atoms with Gasteiger partial charge in [-0.25, -0.2) is 4.68 Å². The molecule has 3 aromatic rings. The van der Waals surface area contributed by atoms with Crippen LogP contribution in [0.15, 0.2) is 54.6 Å². The lowest BCUT2D eigenvalue weighted by atomic mass is 9.91. The molecule has 6 heteroatoms. The Morgan fingerprint density at radius 3 is 2.50 bits per heavy atom. The lowest BCUT2D eigenvalue weighted by molar-refractivity contribution is 0.0246. The molecule has 154 valence electrons. The normalized spacial score (nSPS) is 16.1. The molecular weight excluding hydrogens is 417 g/mol. The zero-order chi connectivity index (χ0) is 21.1. The second-order valence-corrected chi connectivity index (χ2v) is 8.46. The van der Waals surface area contributed by atoms with E-state index in [1.54, 1.807) is 4.68 Å². The first kappa shape index (κ1) is 21.0. The summed E-state index contributed by atoms with van der Waals surface area (Å²) in [5, 5.41) is 16.8. The number of benzene rings is 2. The van der Waals surface area contributed by atoms with Crippen molar-refractivity contribution in [3.63, 3.8) is 0 Å². The Morgan fingerprint density at radius 2 is 1.80 bits per heavy atom. The van der Waals surface area contributed by atoms with Gasteiger partial charge in [-0.15, -0.1) is 0 Å². The van der Waals surface area contributed by atoms with Crippen molar-refractivity contribution in [2.75, 3.05) is 13.1 Å². The van der Waals surface area contributed by atoms with Crippen LogP contribution in [0.3, 0.4) is 0 Å². The van der Waals surface area contributed by atoms with E-state index in [0.29, 0.717) is 29.6 Å². The summed E-state index contributed by atoms with van der Waals surface area (Å²) in [5.41, 5.74) is 2.72. The molecule has 0 spiro atoms. The van der Waals surface area contributed by atoms with E-state index in [4.69, 9.17) is 23.2 Å². The van der Waals surface area contributed by atoms with Crippen LogP contribution in [0.4, 0.5) is 0 Å². The number of piperidine rings is 1. The van der Waals surface area contributed by atoms with Crippen LogP contribution < -0.4 is 0 Å². The van der Waals surface area contributed by atoms with Crippen molar-refractivity contribution in [1.82, 2.24) is 14.7 Å². The van der Waals surface area contributed by atoms with Gasteiger partial charge >= 0.3 is 0 Å². The van der Waals surface area contributed by atoms with Crippen molar-refractivity contribution in [2.45, 2.75) is 31.9 Å². The molecule has 1 aromatic heterocycles. The molecule has 0 atom stereocenters. The minimum Gasteiger partial charge on any atom is -0.377 e. The van der Waals surface area contributed by atoms with Gasteiger partial charge in [0.25, 0.3) is 0 Å². The Kier molecular flexibility index (Phi) is 6.17. The van der Waals surface area contributed by atoms with Crippen molar-refractivity contribution in [3.05, 3.63) is 81.6 Å². The number of aliphatic hydroxyl groups is 1. The topological polar surface area (TPSA) is 41.3 Å². The quantitative estimate of drug-likeness (QED) is 0.591. The Hall–Kier alpha value is -2.29. The molecule has 1 N–H and O–H groups in total. The summed E-state index contributed by atoms with van der Waals surface area (Å²) in [6, 6.07) is 17.3. The van der Waals surface area contributed by atoms with Crippen LogP contribution in [0.2, 0.25) is 10.2 Å². The van der Waals surface area contributed by atoms with Crippen molar-refractivity contribution >= 4 is 23.2 Å². The van der Waals surface area contributed by atoms with Gasteiger partial charge in [0.05, 0.1) is 11.4 Å². The number of para-hydroxylation sites is 1. The maximum absolute atomic E-state index is 10.9. The van der Waals surface area contributed by atoms with E-state index >= 15 is 0 Å². The fourth-order valence-corrected chi connectivity index (χ4v) is 4.16. The van der Waals surface area contributed by atoms with Gasteiger partial charge in [-0.1, -0.05) is 59.3 Å². The highest BCUT2D eigenvalue weighted by Crippen LogP contribution is 2.28. The summed E-state index contributed by atoms with van der Waals surface area (Å²) in [6.45, 7) is 4.17. The van der Waals surface area contributed by atoms with Gasteiger partial charge in [-0.05, 0) is 37.3 Å². The first-order valence-corrected chi connectivity index (χ1v) is 10.7. The van der Waals surface area contributed by atoms with Crippen molar-refractivity contribution in [3.8, 4) is 17.5 Å². The standard InChI is InChI=1S/C24H23Cl2N3O/c1-18-22(23(26)29(27-18)21-8-3-2-4-9-21)17-28-14-12-24(30,13-15-28)11-10-19-6-5-7-20(25)16-19/h2-9,16,30H,12-15,17H2,1H3. The highest BCUT2D eigenvalue weighted by Gasteiger charge is 2.31. The lowest BCUT2D eigenvalue weighted by Crippen LogP contribution is -2.43. The molecular formula is C24H23Cl2N3O. The number of nitrogens with zero attached hydrogens (tertiary/aromatic N) is 3. The number of aromatic nitrogens is 2. The molecule has 0 saturated carbocycles. The van der Waals surface area contributed by atoms with E-state index in [0.717, 1.165) is 35.6 Å². The molecule has 2 heterocycles. The Balaban J connectivity index is 1.43. The average molecular weight is 440 g/mol. The first-order chi connectivity index (χ1) is 14.4. The molecule has 1 aliphatic heterocycles. The van der Waals surface area contributed by atoms with Gasteiger partial charge in [0.2, 0.25) is 0 Å². The van der Waals surface area contributed by atoms with Crippen LogP contribution in [0.25, 0.3) is 5.69 Å². The maximum Gasteiger partial charge on any atom is 0.137 e. The molecule has 30 heavy (non-hydrogen) atoms. The Morgan fingerprint density at radius 1 is 1.07 bits per heavy atom. The lowest BCUT2D eigenvalue weighted by Gasteiger charge is -2.35. The van der Waals surface area contributed by atoms with E-state index < -0.39 is 5.60 Å². The molecule has 1 aliphatic rings. The van der Waals surface area contributed by atoms with Crippen LogP contribution in [-0.2, 0) is 6.54 Å². The summed E-state index contributed by atoms with van der Waals surface area (Å²) in [6.07, 6.45) is 1.17. The second-order valence-electron chi connectivity index (χ2n) is 7.67. The highest BCUT2D eigenvalue weighted by molar-refractivity contribution is 6.31. The molecule has 1 fully saturated rings. The molecule has 0 bridgehead atoms. The van der Waals surface area contributed by atoms with Crippen LogP contribution in [0, 0.1) is 18.8 Å². The average Bonchev–Trinajstić information content (AvgIpc) is 3.03. The van der Waals surface area contributed by atoms with Gasteiger partial charge in [-0.3, -0.25) is 4.90 Å². The van der Waals surface area contributed by atoms with Gasteiger partial charge < -0.3 is 5.11 Å². The van der Waals surface area contributed by atoms with Crippen molar-refractivity contribution < 1.29 is 5.11 Å². The van der Waals surface area contributed by atoms with Gasteiger partial charge in [0, 0.05) is 48.6 Å². The Labute approximate surface area is 187 Å². The predicted octanol–water partition coefficient (Wildman–Crippen LogP) is 4.87. The summed E-state index contributed by atoms with van der Waals surface area (Å²) in [7, 11) is 0. The van der Waals surface area contributed by atoms with Crippen molar-refractivity contribution in [2.24, 2.45) is 0 Å². The number of hydrogen-bond donors (Lipinski definition) is 1. The summed E-state index contributed by atoms with van der Waals surface area (Å²) >= 11 is 12.7. The smallest absolute Gasteiger partial charge is 0.137 e. The van der Waals surface area contributed by atoms with Crippen LogP contribution in [0.5, 0.6) is 0 Å². The second kappa shape index (κ2) is 8.83. The molecule has 0 amide bonds. The van der Waals surface area contributed by atoms with Gasteiger partial charge in [-0.2, -0.15) is 5.10 Å². The summed E-state index contributed by atoms with van der Waals surface area (Å²) in [5.74, 6) is 6.11. The molecule has 4 nitrogen and oxygen atoms in total. The minimum atomic E-state index is -0.980. The largest absolute Gasteiger partial charge is 0.377 e. The molecule has 0 radical (unpaired) electrons. The zero-order valence-electron chi connectivity index (χ0n) is 16.8. The monoisotopic (exact) mass is 439 g/mol. The maximum atomic E-state index is 10.9. The van der Waals surface area contributed by atoms with Crippen LogP contribution >= 0.6 is 23.2 Å². The molecule has 4 rings (SSSR count). The first-order valence-electron chi connectivity index (χ1n) is 9.96. The number of aryl methyl sites for hydroxylation is 1. The number of hydrogen-bond acceptors (Lipinski definition) is 3.